The molecule has 2 unspecified atom stereocenters. The van der Waals surface area contributed by atoms with E-state index in [2.05, 4.69) is 0 Å². The summed E-state index contributed by atoms with van der Waals surface area (Å²) in [5.41, 5.74) is 0. The Hall–Kier alpha value is -1.10. The maximum absolute atomic E-state index is 10.7. The highest BCUT2D eigenvalue weighted by molar-refractivity contribution is 5.71. The van der Waals surface area contributed by atoms with Gasteiger partial charge < -0.3 is 10.2 Å². The van der Waals surface area contributed by atoms with Crippen molar-refractivity contribution in [3.63, 3.8) is 0 Å². The van der Waals surface area contributed by atoms with E-state index in [1.165, 1.54) is 0 Å². The van der Waals surface area contributed by atoms with Crippen molar-refractivity contribution in [1.29, 1.82) is 0 Å². The van der Waals surface area contributed by atoms with Crippen molar-refractivity contribution in [2.24, 2.45) is 5.92 Å². The smallest absolute Gasteiger partial charge is 0.317 e. The fraction of sp³-hybridized carbons (Fsp3) is 0.800. The first-order chi connectivity index (χ1) is 6.88. The number of carbonyl (C=O) groups is 2. The summed E-state index contributed by atoms with van der Waals surface area (Å²) in [7, 11) is 0. The van der Waals surface area contributed by atoms with Gasteiger partial charge in [0, 0.05) is 12.6 Å². The van der Waals surface area contributed by atoms with E-state index in [-0.39, 0.29) is 19.1 Å². The van der Waals surface area contributed by atoms with Crippen molar-refractivity contribution < 1.29 is 19.8 Å². The Labute approximate surface area is 89.7 Å². The molecule has 0 saturated carbocycles. The molecule has 0 amide bonds. The minimum absolute atomic E-state index is 0.0860. The van der Waals surface area contributed by atoms with Crippen molar-refractivity contribution in [3.8, 4) is 0 Å². The summed E-state index contributed by atoms with van der Waals surface area (Å²) in [6.07, 6.45) is 0.805. The highest BCUT2D eigenvalue weighted by atomic mass is 16.4. The standard InChI is InChI=1S/C10H19NO4/c1-4-8(3)11(6-9(12)13)5-7(2)10(14)15/h7-8H,4-6H2,1-3H3,(H,12,13)(H,14,15). The topological polar surface area (TPSA) is 77.8 Å². The number of hydrogen-bond acceptors (Lipinski definition) is 3. The Morgan fingerprint density at radius 2 is 1.80 bits per heavy atom. The van der Waals surface area contributed by atoms with Crippen LogP contribution in [0.1, 0.15) is 27.2 Å². The summed E-state index contributed by atoms with van der Waals surface area (Å²) in [6.45, 7) is 5.60. The molecule has 0 fully saturated rings. The maximum atomic E-state index is 10.7. The molecule has 0 saturated heterocycles. The second-order valence-electron chi connectivity index (χ2n) is 3.82. The van der Waals surface area contributed by atoms with E-state index in [1.807, 2.05) is 13.8 Å². The van der Waals surface area contributed by atoms with Crippen molar-refractivity contribution >= 4 is 11.9 Å². The molecule has 0 bridgehead atoms. The van der Waals surface area contributed by atoms with Crippen LogP contribution in [0.3, 0.4) is 0 Å². The Bertz CT molecular complexity index is 229. The number of carboxylic acids is 2. The van der Waals surface area contributed by atoms with Gasteiger partial charge in [-0.3, -0.25) is 14.5 Å². The molecule has 0 aliphatic carbocycles. The van der Waals surface area contributed by atoms with Crippen LogP contribution in [-0.4, -0.2) is 46.2 Å². The van der Waals surface area contributed by atoms with Crippen LogP contribution in [0.2, 0.25) is 0 Å². The second-order valence-corrected chi connectivity index (χ2v) is 3.82. The molecule has 5 nitrogen and oxygen atoms in total. The number of aliphatic carboxylic acids is 2. The average Bonchev–Trinajstić information content (AvgIpc) is 2.14. The average molecular weight is 217 g/mol. The van der Waals surface area contributed by atoms with Crippen LogP contribution in [0.4, 0.5) is 0 Å². The van der Waals surface area contributed by atoms with Gasteiger partial charge in [0.2, 0.25) is 0 Å². The molecule has 0 aromatic heterocycles. The quantitative estimate of drug-likeness (QED) is 0.662. The van der Waals surface area contributed by atoms with Gasteiger partial charge in [0.15, 0.2) is 0 Å². The lowest BCUT2D eigenvalue weighted by Crippen LogP contribution is -2.41. The lowest BCUT2D eigenvalue weighted by atomic mass is 10.1. The van der Waals surface area contributed by atoms with Gasteiger partial charge in [-0.15, -0.1) is 0 Å². The normalized spacial score (nSPS) is 14.9. The predicted molar refractivity (Wildman–Crippen MR) is 55.8 cm³/mol. The third-order valence-electron chi connectivity index (χ3n) is 2.48. The molecule has 5 heteroatoms. The number of hydrogen-bond donors (Lipinski definition) is 2. The van der Waals surface area contributed by atoms with E-state index in [0.717, 1.165) is 6.42 Å². The summed E-state index contributed by atoms with van der Waals surface area (Å²) >= 11 is 0. The molecular weight excluding hydrogens is 198 g/mol. The van der Waals surface area contributed by atoms with Crippen LogP contribution in [0.25, 0.3) is 0 Å². The van der Waals surface area contributed by atoms with Crippen molar-refractivity contribution in [1.82, 2.24) is 4.90 Å². The van der Waals surface area contributed by atoms with Gasteiger partial charge in [0.1, 0.15) is 0 Å². The van der Waals surface area contributed by atoms with Crippen LogP contribution in [0.15, 0.2) is 0 Å². The molecule has 0 aromatic carbocycles. The van der Waals surface area contributed by atoms with Gasteiger partial charge in [0.05, 0.1) is 12.5 Å². The minimum atomic E-state index is -0.923. The Kier molecular flexibility index (Phi) is 5.93. The predicted octanol–water partition coefficient (Wildman–Crippen LogP) is 0.892. The van der Waals surface area contributed by atoms with Crippen LogP contribution in [0, 0.1) is 5.92 Å². The molecule has 0 rings (SSSR count). The molecule has 2 N–H and O–H groups in total. The van der Waals surface area contributed by atoms with E-state index in [1.54, 1.807) is 11.8 Å². The van der Waals surface area contributed by atoms with Crippen LogP contribution in [0.5, 0.6) is 0 Å². The lowest BCUT2D eigenvalue weighted by Gasteiger charge is -2.28. The van der Waals surface area contributed by atoms with Gasteiger partial charge in [-0.2, -0.15) is 0 Å². The molecule has 0 aliphatic rings. The first-order valence-corrected chi connectivity index (χ1v) is 5.07. The summed E-state index contributed by atoms with van der Waals surface area (Å²) in [5.74, 6) is -2.36. The van der Waals surface area contributed by atoms with Crippen molar-refractivity contribution in [3.05, 3.63) is 0 Å². The van der Waals surface area contributed by atoms with E-state index in [4.69, 9.17) is 10.2 Å². The summed E-state index contributed by atoms with van der Waals surface area (Å²) in [5, 5.41) is 17.4. The van der Waals surface area contributed by atoms with E-state index in [0.29, 0.717) is 0 Å². The first-order valence-electron chi connectivity index (χ1n) is 5.07. The molecule has 15 heavy (non-hydrogen) atoms. The zero-order chi connectivity index (χ0) is 12.0. The molecule has 2 atom stereocenters. The highest BCUT2D eigenvalue weighted by Gasteiger charge is 2.21. The zero-order valence-electron chi connectivity index (χ0n) is 9.43. The number of rotatable bonds is 7. The molecule has 88 valence electrons. The van der Waals surface area contributed by atoms with Crippen LogP contribution < -0.4 is 0 Å². The van der Waals surface area contributed by atoms with Crippen molar-refractivity contribution in [2.75, 3.05) is 13.1 Å². The zero-order valence-corrected chi connectivity index (χ0v) is 9.43. The van der Waals surface area contributed by atoms with Crippen molar-refractivity contribution in [2.45, 2.75) is 33.2 Å². The van der Waals surface area contributed by atoms with Gasteiger partial charge in [-0.25, -0.2) is 0 Å². The molecule has 0 radical (unpaired) electrons. The van der Waals surface area contributed by atoms with Gasteiger partial charge in [0.25, 0.3) is 0 Å². The van der Waals surface area contributed by atoms with Crippen LogP contribution in [-0.2, 0) is 9.59 Å². The van der Waals surface area contributed by atoms with E-state index >= 15 is 0 Å². The Balaban J connectivity index is 4.36. The van der Waals surface area contributed by atoms with E-state index in [9.17, 15) is 9.59 Å². The van der Waals surface area contributed by atoms with E-state index < -0.39 is 17.9 Å². The summed E-state index contributed by atoms with van der Waals surface area (Å²) < 4.78 is 0. The minimum Gasteiger partial charge on any atom is -0.481 e. The SMILES string of the molecule is CCC(C)N(CC(=O)O)CC(C)C(=O)O. The summed E-state index contributed by atoms with van der Waals surface area (Å²) in [6, 6.07) is 0.0860. The fourth-order valence-electron chi connectivity index (χ4n) is 1.26. The number of nitrogens with zero attached hydrogens (tertiary/aromatic N) is 1. The molecule has 0 aromatic rings. The Morgan fingerprint density at radius 3 is 2.13 bits per heavy atom. The third-order valence-corrected chi connectivity index (χ3v) is 2.48. The van der Waals surface area contributed by atoms with Gasteiger partial charge >= 0.3 is 11.9 Å². The number of carboxylic acid groups (broad SMARTS) is 2. The summed E-state index contributed by atoms with van der Waals surface area (Å²) in [4.78, 5) is 22.9. The Morgan fingerprint density at radius 1 is 1.27 bits per heavy atom. The molecule has 0 aliphatic heterocycles. The second kappa shape index (κ2) is 6.40. The fourth-order valence-corrected chi connectivity index (χ4v) is 1.26. The highest BCUT2D eigenvalue weighted by Crippen LogP contribution is 2.07. The monoisotopic (exact) mass is 217 g/mol. The first kappa shape index (κ1) is 13.9. The lowest BCUT2D eigenvalue weighted by molar-refractivity contribution is -0.144. The molecule has 0 heterocycles. The van der Waals surface area contributed by atoms with Crippen LogP contribution >= 0.6 is 0 Å². The maximum Gasteiger partial charge on any atom is 0.317 e. The molecule has 0 spiro atoms. The molecular formula is C10H19NO4. The largest absolute Gasteiger partial charge is 0.481 e. The van der Waals surface area contributed by atoms with Gasteiger partial charge in [-0.1, -0.05) is 13.8 Å². The van der Waals surface area contributed by atoms with Gasteiger partial charge in [-0.05, 0) is 13.3 Å². The third kappa shape index (κ3) is 5.37.